The maximum atomic E-state index is 5.53. The highest BCUT2D eigenvalue weighted by Crippen LogP contribution is 2.26. The summed E-state index contributed by atoms with van der Waals surface area (Å²) in [6.07, 6.45) is 5.81. The number of pyridine rings is 1. The van der Waals surface area contributed by atoms with Gasteiger partial charge in [0, 0.05) is 35.8 Å². The van der Waals surface area contributed by atoms with Crippen LogP contribution in [-0.4, -0.2) is 24.2 Å². The summed E-state index contributed by atoms with van der Waals surface area (Å²) >= 11 is 3.59. The topological polar surface area (TPSA) is 34.1 Å². The molecular formula is C16H19BrN2O. The number of rotatable bonds is 4. The van der Waals surface area contributed by atoms with Crippen molar-refractivity contribution in [1.29, 1.82) is 0 Å². The Hall–Kier alpha value is -0.970. The highest BCUT2D eigenvalue weighted by atomic mass is 79.9. The van der Waals surface area contributed by atoms with E-state index < -0.39 is 0 Å². The number of fused-ring (bicyclic) bond motifs is 1. The van der Waals surface area contributed by atoms with Gasteiger partial charge in [0.2, 0.25) is 0 Å². The predicted octanol–water partition coefficient (Wildman–Crippen LogP) is 3.65. The summed E-state index contributed by atoms with van der Waals surface area (Å²) < 4.78 is 6.63. The number of benzene rings is 1. The van der Waals surface area contributed by atoms with Crippen LogP contribution >= 0.6 is 15.9 Å². The molecule has 1 aliphatic rings. The SMILES string of the molecule is COC1CCCC1NCc1ccc(Br)c2cccnc12. The average molecular weight is 335 g/mol. The van der Waals surface area contributed by atoms with E-state index in [9.17, 15) is 0 Å². The van der Waals surface area contributed by atoms with Gasteiger partial charge in [0.05, 0.1) is 11.6 Å². The Morgan fingerprint density at radius 3 is 3.10 bits per heavy atom. The Morgan fingerprint density at radius 2 is 2.25 bits per heavy atom. The van der Waals surface area contributed by atoms with Crippen LogP contribution in [0.3, 0.4) is 0 Å². The van der Waals surface area contributed by atoms with Gasteiger partial charge >= 0.3 is 0 Å². The lowest BCUT2D eigenvalue weighted by molar-refractivity contribution is 0.0847. The molecule has 2 unspecified atom stereocenters. The quantitative estimate of drug-likeness (QED) is 0.926. The number of hydrogen-bond donors (Lipinski definition) is 1. The zero-order valence-corrected chi connectivity index (χ0v) is 13.2. The number of hydrogen-bond acceptors (Lipinski definition) is 3. The third kappa shape index (κ3) is 2.73. The molecule has 1 aromatic heterocycles. The Balaban J connectivity index is 1.79. The van der Waals surface area contributed by atoms with Gasteiger partial charge in [-0.05, 0) is 37.0 Å². The minimum absolute atomic E-state index is 0.352. The Morgan fingerprint density at radius 1 is 1.35 bits per heavy atom. The van der Waals surface area contributed by atoms with Gasteiger partial charge in [0.15, 0.2) is 0 Å². The van der Waals surface area contributed by atoms with Crippen LogP contribution in [0.15, 0.2) is 34.9 Å². The molecule has 2 aromatic rings. The molecule has 0 aliphatic heterocycles. The fraction of sp³-hybridized carbons (Fsp3) is 0.438. The van der Waals surface area contributed by atoms with E-state index in [1.54, 1.807) is 7.11 Å². The first-order valence-corrected chi connectivity index (χ1v) is 7.87. The van der Waals surface area contributed by atoms with Crippen molar-refractivity contribution in [2.45, 2.75) is 38.0 Å². The van der Waals surface area contributed by atoms with Crippen LogP contribution in [0.2, 0.25) is 0 Å². The molecule has 1 N–H and O–H groups in total. The number of halogens is 1. The fourth-order valence-electron chi connectivity index (χ4n) is 3.02. The summed E-state index contributed by atoms with van der Waals surface area (Å²) in [6.45, 7) is 0.839. The average Bonchev–Trinajstić information content (AvgIpc) is 2.94. The highest BCUT2D eigenvalue weighted by Gasteiger charge is 2.26. The molecule has 20 heavy (non-hydrogen) atoms. The molecule has 2 atom stereocenters. The molecule has 1 fully saturated rings. The molecule has 0 spiro atoms. The fourth-order valence-corrected chi connectivity index (χ4v) is 3.47. The summed E-state index contributed by atoms with van der Waals surface area (Å²) in [6, 6.07) is 8.78. The second-order valence-corrected chi connectivity index (χ2v) is 6.15. The minimum Gasteiger partial charge on any atom is -0.380 e. The lowest BCUT2D eigenvalue weighted by Crippen LogP contribution is -2.36. The standard InChI is InChI=1S/C16H19BrN2O/c1-20-15-6-2-5-14(15)19-10-11-7-8-13(17)12-4-3-9-18-16(11)12/h3-4,7-9,14-15,19H,2,5-6,10H2,1H3. The van der Waals surface area contributed by atoms with Crippen LogP contribution in [0, 0.1) is 0 Å². The summed E-state index contributed by atoms with van der Waals surface area (Å²) in [5.41, 5.74) is 2.31. The van der Waals surface area contributed by atoms with Gasteiger partial charge in [-0.1, -0.05) is 28.1 Å². The van der Waals surface area contributed by atoms with Gasteiger partial charge in [-0.2, -0.15) is 0 Å². The van der Waals surface area contributed by atoms with Gasteiger partial charge in [0.1, 0.15) is 0 Å². The van der Waals surface area contributed by atoms with Crippen molar-refractivity contribution in [3.8, 4) is 0 Å². The van der Waals surface area contributed by atoms with Crippen molar-refractivity contribution >= 4 is 26.8 Å². The van der Waals surface area contributed by atoms with Crippen molar-refractivity contribution in [3.63, 3.8) is 0 Å². The number of nitrogens with one attached hydrogen (secondary N) is 1. The largest absolute Gasteiger partial charge is 0.380 e. The van der Waals surface area contributed by atoms with Gasteiger partial charge in [-0.25, -0.2) is 0 Å². The van der Waals surface area contributed by atoms with Crippen LogP contribution in [0.25, 0.3) is 10.9 Å². The summed E-state index contributed by atoms with van der Waals surface area (Å²) in [7, 11) is 1.81. The smallest absolute Gasteiger partial charge is 0.0758 e. The summed E-state index contributed by atoms with van der Waals surface area (Å²) in [5.74, 6) is 0. The summed E-state index contributed by atoms with van der Waals surface area (Å²) in [5, 5.41) is 4.80. The van der Waals surface area contributed by atoms with Crippen LogP contribution in [-0.2, 0) is 11.3 Å². The molecule has 4 heteroatoms. The monoisotopic (exact) mass is 334 g/mol. The zero-order valence-electron chi connectivity index (χ0n) is 11.6. The van der Waals surface area contributed by atoms with Crippen molar-refractivity contribution in [2.75, 3.05) is 7.11 Å². The van der Waals surface area contributed by atoms with E-state index in [1.165, 1.54) is 23.8 Å². The zero-order chi connectivity index (χ0) is 13.9. The lowest BCUT2D eigenvalue weighted by Gasteiger charge is -2.20. The summed E-state index contributed by atoms with van der Waals surface area (Å²) in [4.78, 5) is 4.53. The molecule has 0 amide bonds. The molecule has 1 saturated carbocycles. The second-order valence-electron chi connectivity index (χ2n) is 5.30. The van der Waals surface area contributed by atoms with E-state index in [-0.39, 0.29) is 0 Å². The van der Waals surface area contributed by atoms with E-state index in [1.807, 2.05) is 12.3 Å². The Labute approximate surface area is 127 Å². The van der Waals surface area contributed by atoms with Crippen LogP contribution in [0.5, 0.6) is 0 Å². The molecule has 3 rings (SSSR count). The van der Waals surface area contributed by atoms with E-state index in [4.69, 9.17) is 4.74 Å². The molecule has 0 bridgehead atoms. The van der Waals surface area contributed by atoms with Gasteiger partial charge in [0.25, 0.3) is 0 Å². The van der Waals surface area contributed by atoms with Crippen LogP contribution < -0.4 is 5.32 Å². The first-order chi connectivity index (χ1) is 9.79. The van der Waals surface area contributed by atoms with Crippen molar-refractivity contribution in [3.05, 3.63) is 40.5 Å². The van der Waals surface area contributed by atoms with E-state index in [0.29, 0.717) is 12.1 Å². The third-order valence-electron chi connectivity index (χ3n) is 4.11. The molecular weight excluding hydrogens is 316 g/mol. The number of methoxy groups -OCH3 is 1. The minimum atomic E-state index is 0.352. The Kier molecular flexibility index (Phi) is 4.34. The van der Waals surface area contributed by atoms with E-state index >= 15 is 0 Å². The molecule has 106 valence electrons. The Bertz CT molecular complexity index is 602. The maximum absolute atomic E-state index is 5.53. The number of ether oxygens (including phenoxy) is 1. The van der Waals surface area contributed by atoms with Crippen LogP contribution in [0.4, 0.5) is 0 Å². The maximum Gasteiger partial charge on any atom is 0.0758 e. The first kappa shape index (κ1) is 14.0. The van der Waals surface area contributed by atoms with E-state index in [0.717, 1.165) is 23.0 Å². The van der Waals surface area contributed by atoms with Gasteiger partial charge in [-0.3, -0.25) is 4.98 Å². The second kappa shape index (κ2) is 6.20. The van der Waals surface area contributed by atoms with Gasteiger partial charge in [-0.15, -0.1) is 0 Å². The number of aromatic nitrogens is 1. The molecule has 3 nitrogen and oxygen atoms in total. The molecule has 1 aromatic carbocycles. The van der Waals surface area contributed by atoms with E-state index in [2.05, 4.69) is 44.4 Å². The van der Waals surface area contributed by atoms with Crippen molar-refractivity contribution < 1.29 is 4.74 Å². The predicted molar refractivity (Wildman–Crippen MR) is 84.7 cm³/mol. The lowest BCUT2D eigenvalue weighted by atomic mass is 10.1. The highest BCUT2D eigenvalue weighted by molar-refractivity contribution is 9.10. The van der Waals surface area contributed by atoms with Crippen LogP contribution in [0.1, 0.15) is 24.8 Å². The van der Waals surface area contributed by atoms with Crippen molar-refractivity contribution in [2.24, 2.45) is 0 Å². The molecule has 0 saturated heterocycles. The van der Waals surface area contributed by atoms with Crippen molar-refractivity contribution in [1.82, 2.24) is 10.3 Å². The molecule has 1 heterocycles. The molecule has 0 radical (unpaired) electrons. The van der Waals surface area contributed by atoms with Gasteiger partial charge < -0.3 is 10.1 Å². The first-order valence-electron chi connectivity index (χ1n) is 7.08. The molecule has 1 aliphatic carbocycles. The normalized spacial score (nSPS) is 22.5. The third-order valence-corrected chi connectivity index (χ3v) is 4.80. The number of nitrogens with zero attached hydrogens (tertiary/aromatic N) is 1.